The van der Waals surface area contributed by atoms with Crippen molar-refractivity contribution in [3.05, 3.63) is 0 Å². The SMILES string of the molecule is C[C@]12C[C@H](O)[C@@H](N)C[C@@H]1CC[C@@H]1[C@@H]2CC[C@]2(C)C(=O)CC[C@@H]12. The van der Waals surface area contributed by atoms with Crippen molar-refractivity contribution in [2.24, 2.45) is 40.2 Å². The summed E-state index contributed by atoms with van der Waals surface area (Å²) >= 11 is 0. The number of ketones is 1. The second kappa shape index (κ2) is 4.80. The molecule has 0 aliphatic heterocycles. The van der Waals surface area contributed by atoms with Gasteiger partial charge in [-0.2, -0.15) is 0 Å². The van der Waals surface area contributed by atoms with Crippen molar-refractivity contribution in [2.75, 3.05) is 0 Å². The van der Waals surface area contributed by atoms with Gasteiger partial charge in [0.25, 0.3) is 0 Å². The van der Waals surface area contributed by atoms with E-state index in [1.807, 2.05) is 0 Å². The fraction of sp³-hybridized carbons (Fsp3) is 0.947. The third kappa shape index (κ3) is 1.84. The average Bonchev–Trinajstić information content (AvgIpc) is 2.77. The van der Waals surface area contributed by atoms with Crippen LogP contribution in [0.1, 0.15) is 65.2 Å². The Bertz CT molecular complexity index is 492. The monoisotopic (exact) mass is 305 g/mol. The molecule has 0 spiro atoms. The summed E-state index contributed by atoms with van der Waals surface area (Å²) in [7, 11) is 0. The van der Waals surface area contributed by atoms with Crippen LogP contribution in [0.25, 0.3) is 0 Å². The fourth-order valence-corrected chi connectivity index (χ4v) is 7.10. The first kappa shape index (κ1) is 15.1. The summed E-state index contributed by atoms with van der Waals surface area (Å²) in [6, 6.07) is -0.0310. The molecule has 0 radical (unpaired) electrons. The van der Waals surface area contributed by atoms with Crippen LogP contribution in [0.15, 0.2) is 0 Å². The number of Topliss-reactive ketones (excluding diaryl/α,β-unsaturated/α-hetero) is 1. The van der Waals surface area contributed by atoms with Gasteiger partial charge in [-0.3, -0.25) is 4.79 Å². The molecule has 3 nitrogen and oxygen atoms in total. The first-order valence-electron chi connectivity index (χ1n) is 9.33. The highest BCUT2D eigenvalue weighted by molar-refractivity contribution is 5.87. The van der Waals surface area contributed by atoms with Gasteiger partial charge in [-0.1, -0.05) is 13.8 Å². The number of hydrogen-bond acceptors (Lipinski definition) is 3. The highest BCUT2D eigenvalue weighted by Crippen LogP contribution is 2.65. The number of carbonyl (C=O) groups excluding carboxylic acids is 1. The third-order valence-electron chi connectivity index (χ3n) is 8.47. The molecule has 0 heterocycles. The molecule has 0 bridgehead atoms. The molecule has 22 heavy (non-hydrogen) atoms. The van der Waals surface area contributed by atoms with E-state index in [1.54, 1.807) is 0 Å². The lowest BCUT2D eigenvalue weighted by atomic mass is 9.45. The summed E-state index contributed by atoms with van der Waals surface area (Å²) in [6.07, 6.45) is 8.22. The Morgan fingerprint density at radius 1 is 1.14 bits per heavy atom. The van der Waals surface area contributed by atoms with Gasteiger partial charge in [0.15, 0.2) is 0 Å². The highest BCUT2D eigenvalue weighted by atomic mass is 16.3. The van der Waals surface area contributed by atoms with Crippen molar-refractivity contribution in [1.29, 1.82) is 0 Å². The van der Waals surface area contributed by atoms with Gasteiger partial charge in [0, 0.05) is 17.9 Å². The third-order valence-corrected chi connectivity index (χ3v) is 8.47. The Balaban J connectivity index is 1.65. The largest absolute Gasteiger partial charge is 0.391 e. The number of aliphatic hydroxyl groups is 1. The Kier molecular flexibility index (Phi) is 3.30. The first-order chi connectivity index (χ1) is 10.4. The normalized spacial score (nSPS) is 57.9. The van der Waals surface area contributed by atoms with Crippen molar-refractivity contribution >= 4 is 5.78 Å². The van der Waals surface area contributed by atoms with Crippen LogP contribution in [0.5, 0.6) is 0 Å². The maximum absolute atomic E-state index is 12.4. The summed E-state index contributed by atoms with van der Waals surface area (Å²) in [4.78, 5) is 12.4. The van der Waals surface area contributed by atoms with Crippen LogP contribution >= 0.6 is 0 Å². The van der Waals surface area contributed by atoms with E-state index in [1.165, 1.54) is 19.3 Å². The van der Waals surface area contributed by atoms with E-state index in [0.717, 1.165) is 32.1 Å². The van der Waals surface area contributed by atoms with Gasteiger partial charge >= 0.3 is 0 Å². The van der Waals surface area contributed by atoms with Crippen LogP contribution in [0.2, 0.25) is 0 Å². The average molecular weight is 305 g/mol. The molecule has 4 aliphatic carbocycles. The van der Waals surface area contributed by atoms with E-state index in [9.17, 15) is 9.90 Å². The maximum atomic E-state index is 12.4. The molecule has 4 fully saturated rings. The molecule has 0 saturated heterocycles. The predicted molar refractivity (Wildman–Crippen MR) is 86.1 cm³/mol. The van der Waals surface area contributed by atoms with E-state index in [-0.39, 0.29) is 23.0 Å². The lowest BCUT2D eigenvalue weighted by Gasteiger charge is -2.60. The Labute approximate surface area is 134 Å². The van der Waals surface area contributed by atoms with Crippen LogP contribution in [-0.2, 0) is 4.79 Å². The quantitative estimate of drug-likeness (QED) is 0.723. The molecule has 8 atom stereocenters. The molecule has 0 unspecified atom stereocenters. The highest BCUT2D eigenvalue weighted by Gasteiger charge is 2.60. The summed E-state index contributed by atoms with van der Waals surface area (Å²) in [5.41, 5.74) is 6.35. The number of carbonyl (C=O) groups is 1. The van der Waals surface area contributed by atoms with Gasteiger partial charge in [-0.05, 0) is 74.0 Å². The lowest BCUT2D eigenvalue weighted by Crippen LogP contribution is -2.58. The zero-order valence-electron chi connectivity index (χ0n) is 14.1. The molecule has 3 N–H and O–H groups in total. The lowest BCUT2D eigenvalue weighted by molar-refractivity contribution is -0.145. The number of nitrogens with two attached hydrogens (primary N) is 1. The molecule has 0 aromatic carbocycles. The Hall–Kier alpha value is -0.410. The van der Waals surface area contributed by atoms with Gasteiger partial charge in [-0.25, -0.2) is 0 Å². The van der Waals surface area contributed by atoms with Gasteiger partial charge in [-0.15, -0.1) is 0 Å². The number of aliphatic hydroxyl groups excluding tert-OH is 1. The second-order valence-electron chi connectivity index (χ2n) is 9.25. The van der Waals surface area contributed by atoms with Gasteiger partial charge < -0.3 is 10.8 Å². The number of fused-ring (bicyclic) bond motifs is 5. The van der Waals surface area contributed by atoms with Crippen LogP contribution in [-0.4, -0.2) is 23.0 Å². The minimum Gasteiger partial charge on any atom is -0.391 e. The van der Waals surface area contributed by atoms with Crippen LogP contribution < -0.4 is 5.73 Å². The van der Waals surface area contributed by atoms with Gasteiger partial charge in [0.05, 0.1) is 6.10 Å². The van der Waals surface area contributed by atoms with Crippen molar-refractivity contribution in [3.8, 4) is 0 Å². The predicted octanol–water partition coefficient (Wildman–Crippen LogP) is 2.90. The van der Waals surface area contributed by atoms with E-state index in [4.69, 9.17) is 5.73 Å². The first-order valence-corrected chi connectivity index (χ1v) is 9.33. The zero-order chi connectivity index (χ0) is 15.7. The Morgan fingerprint density at radius 3 is 2.68 bits per heavy atom. The standard InChI is InChI=1S/C19H31NO2/c1-18-8-7-14-12(13(18)5-6-17(18)22)4-3-11-9-15(20)16(21)10-19(11,14)2/h11-16,21H,3-10,20H2,1-2H3/t11-,12-,13-,14-,15-,16-,18-,19-/m0/s1. The summed E-state index contributed by atoms with van der Waals surface area (Å²) in [5.74, 6) is 3.19. The smallest absolute Gasteiger partial charge is 0.139 e. The number of hydrogen-bond donors (Lipinski definition) is 2. The maximum Gasteiger partial charge on any atom is 0.139 e. The summed E-state index contributed by atoms with van der Waals surface area (Å²) in [5, 5.41) is 10.4. The van der Waals surface area contributed by atoms with Crippen molar-refractivity contribution in [2.45, 2.75) is 77.4 Å². The molecular weight excluding hydrogens is 274 g/mol. The van der Waals surface area contributed by atoms with Gasteiger partial charge in [0.1, 0.15) is 5.78 Å². The minimum atomic E-state index is -0.335. The molecule has 4 saturated carbocycles. The van der Waals surface area contributed by atoms with E-state index >= 15 is 0 Å². The zero-order valence-corrected chi connectivity index (χ0v) is 14.1. The van der Waals surface area contributed by atoms with Crippen LogP contribution in [0.4, 0.5) is 0 Å². The molecule has 4 aliphatic rings. The summed E-state index contributed by atoms with van der Waals surface area (Å²) in [6.45, 7) is 4.66. The van der Waals surface area contributed by atoms with E-state index in [2.05, 4.69) is 13.8 Å². The minimum absolute atomic E-state index is 0.0310. The molecule has 0 aromatic rings. The summed E-state index contributed by atoms with van der Waals surface area (Å²) < 4.78 is 0. The van der Waals surface area contributed by atoms with Gasteiger partial charge in [0.2, 0.25) is 0 Å². The van der Waals surface area contributed by atoms with E-state index in [0.29, 0.717) is 29.5 Å². The van der Waals surface area contributed by atoms with Crippen molar-refractivity contribution in [3.63, 3.8) is 0 Å². The second-order valence-corrected chi connectivity index (χ2v) is 9.25. The number of rotatable bonds is 0. The van der Waals surface area contributed by atoms with Crippen molar-refractivity contribution in [1.82, 2.24) is 0 Å². The molecule has 4 rings (SSSR count). The van der Waals surface area contributed by atoms with E-state index < -0.39 is 0 Å². The fourth-order valence-electron chi connectivity index (χ4n) is 7.10. The molecular formula is C19H31NO2. The van der Waals surface area contributed by atoms with Crippen molar-refractivity contribution < 1.29 is 9.90 Å². The molecule has 124 valence electrons. The molecule has 3 heteroatoms. The molecule has 0 amide bonds. The molecule has 0 aromatic heterocycles. The topological polar surface area (TPSA) is 63.3 Å². The Morgan fingerprint density at radius 2 is 1.91 bits per heavy atom. The van der Waals surface area contributed by atoms with Crippen LogP contribution in [0, 0.1) is 34.5 Å². The van der Waals surface area contributed by atoms with Crippen LogP contribution in [0.3, 0.4) is 0 Å².